The van der Waals surface area contributed by atoms with Crippen molar-refractivity contribution in [2.45, 2.75) is 25.8 Å². The number of aromatic nitrogens is 1. The highest BCUT2D eigenvalue weighted by Crippen LogP contribution is 2.29. The van der Waals surface area contributed by atoms with E-state index in [2.05, 4.69) is 29.0 Å². The maximum absolute atomic E-state index is 9.02. The van der Waals surface area contributed by atoms with Crippen molar-refractivity contribution in [3.63, 3.8) is 0 Å². The van der Waals surface area contributed by atoms with Gasteiger partial charge in [0.15, 0.2) is 0 Å². The van der Waals surface area contributed by atoms with Crippen LogP contribution in [0, 0.1) is 17.2 Å². The van der Waals surface area contributed by atoms with Gasteiger partial charge < -0.3 is 4.57 Å². The average molecular weight is 210 g/mol. The first-order valence-electron chi connectivity index (χ1n) is 5.86. The Balaban J connectivity index is 2.03. The van der Waals surface area contributed by atoms with Crippen LogP contribution < -0.4 is 0 Å². The molecule has 0 aliphatic heterocycles. The SMILES string of the molecule is N#Cc1cccc2c1ccn2CC1CCC1. The van der Waals surface area contributed by atoms with E-state index in [0.717, 1.165) is 23.4 Å². The molecule has 1 aromatic carbocycles. The summed E-state index contributed by atoms with van der Waals surface area (Å²) in [4.78, 5) is 0. The van der Waals surface area contributed by atoms with Crippen LogP contribution in [0.4, 0.5) is 0 Å². The van der Waals surface area contributed by atoms with Crippen LogP contribution in [0.5, 0.6) is 0 Å². The number of hydrogen-bond donors (Lipinski definition) is 0. The topological polar surface area (TPSA) is 28.7 Å². The molecule has 0 saturated heterocycles. The van der Waals surface area contributed by atoms with Crippen molar-refractivity contribution >= 4 is 10.9 Å². The van der Waals surface area contributed by atoms with Gasteiger partial charge in [0.05, 0.1) is 11.6 Å². The van der Waals surface area contributed by atoms with E-state index >= 15 is 0 Å². The molecular formula is C14H14N2. The first kappa shape index (κ1) is 9.47. The smallest absolute Gasteiger partial charge is 0.0998 e. The lowest BCUT2D eigenvalue weighted by molar-refractivity contribution is 0.280. The normalized spacial score (nSPS) is 15.9. The predicted molar refractivity (Wildman–Crippen MR) is 64.0 cm³/mol. The van der Waals surface area contributed by atoms with E-state index < -0.39 is 0 Å². The molecule has 0 amide bonds. The van der Waals surface area contributed by atoms with E-state index in [0.29, 0.717) is 0 Å². The zero-order valence-electron chi connectivity index (χ0n) is 9.19. The predicted octanol–water partition coefficient (Wildman–Crippen LogP) is 3.31. The zero-order valence-corrected chi connectivity index (χ0v) is 9.19. The van der Waals surface area contributed by atoms with Gasteiger partial charge in [0.25, 0.3) is 0 Å². The van der Waals surface area contributed by atoms with Gasteiger partial charge in [-0.2, -0.15) is 5.26 Å². The Morgan fingerprint density at radius 3 is 2.88 bits per heavy atom. The summed E-state index contributed by atoms with van der Waals surface area (Å²) in [6.07, 6.45) is 6.21. The molecule has 2 nitrogen and oxygen atoms in total. The second-order valence-corrected chi connectivity index (χ2v) is 4.62. The van der Waals surface area contributed by atoms with Crippen LogP contribution in [-0.4, -0.2) is 4.57 Å². The van der Waals surface area contributed by atoms with Gasteiger partial charge >= 0.3 is 0 Å². The van der Waals surface area contributed by atoms with E-state index in [-0.39, 0.29) is 0 Å². The molecule has 16 heavy (non-hydrogen) atoms. The van der Waals surface area contributed by atoms with Gasteiger partial charge in [0.1, 0.15) is 0 Å². The maximum Gasteiger partial charge on any atom is 0.0998 e. The van der Waals surface area contributed by atoms with E-state index in [1.807, 2.05) is 12.1 Å². The average Bonchev–Trinajstić information content (AvgIpc) is 2.66. The number of fused-ring (bicyclic) bond motifs is 1. The highest BCUT2D eigenvalue weighted by Gasteiger charge is 2.18. The molecule has 1 aliphatic rings. The molecule has 0 unspecified atom stereocenters. The number of nitrogens with zero attached hydrogens (tertiary/aromatic N) is 2. The fraction of sp³-hybridized carbons (Fsp3) is 0.357. The molecule has 1 heterocycles. The minimum atomic E-state index is 0.782. The molecule has 80 valence electrons. The van der Waals surface area contributed by atoms with Crippen molar-refractivity contribution in [2.24, 2.45) is 5.92 Å². The number of nitriles is 1. The van der Waals surface area contributed by atoms with Gasteiger partial charge in [-0.25, -0.2) is 0 Å². The van der Waals surface area contributed by atoms with Crippen LogP contribution in [0.1, 0.15) is 24.8 Å². The molecule has 1 saturated carbocycles. The van der Waals surface area contributed by atoms with Crippen LogP contribution in [0.25, 0.3) is 10.9 Å². The molecule has 0 N–H and O–H groups in total. The van der Waals surface area contributed by atoms with Gasteiger partial charge in [-0.1, -0.05) is 12.5 Å². The lowest BCUT2D eigenvalue weighted by Crippen LogP contribution is -2.17. The first-order valence-corrected chi connectivity index (χ1v) is 5.86. The Bertz CT molecular complexity index is 556. The highest BCUT2D eigenvalue weighted by atomic mass is 15.0. The monoisotopic (exact) mass is 210 g/mol. The molecule has 1 fully saturated rings. The summed E-state index contributed by atoms with van der Waals surface area (Å²) in [6, 6.07) is 10.3. The van der Waals surface area contributed by atoms with Crippen LogP contribution >= 0.6 is 0 Å². The van der Waals surface area contributed by atoms with Gasteiger partial charge in [-0.15, -0.1) is 0 Å². The van der Waals surface area contributed by atoms with Crippen molar-refractivity contribution < 1.29 is 0 Å². The van der Waals surface area contributed by atoms with Crippen LogP contribution in [0.3, 0.4) is 0 Å². The van der Waals surface area contributed by atoms with Crippen LogP contribution in [-0.2, 0) is 6.54 Å². The van der Waals surface area contributed by atoms with Gasteiger partial charge in [-0.3, -0.25) is 0 Å². The Morgan fingerprint density at radius 2 is 2.19 bits per heavy atom. The third kappa shape index (κ3) is 1.40. The zero-order chi connectivity index (χ0) is 11.0. The third-order valence-corrected chi connectivity index (χ3v) is 3.61. The molecule has 1 aromatic heterocycles. The van der Waals surface area contributed by atoms with Crippen molar-refractivity contribution in [1.82, 2.24) is 4.57 Å². The summed E-state index contributed by atoms with van der Waals surface area (Å²) in [7, 11) is 0. The Kier molecular flexibility index (Phi) is 2.18. The standard InChI is InChI=1S/C14H14N2/c15-9-12-5-2-6-14-13(12)7-8-16(14)10-11-3-1-4-11/h2,5-8,11H,1,3-4,10H2. The molecule has 2 heteroatoms. The molecule has 0 radical (unpaired) electrons. The lowest BCUT2D eigenvalue weighted by Gasteiger charge is -2.26. The summed E-state index contributed by atoms with van der Waals surface area (Å²) < 4.78 is 2.29. The van der Waals surface area contributed by atoms with Crippen molar-refractivity contribution in [1.29, 1.82) is 5.26 Å². The van der Waals surface area contributed by atoms with Crippen LogP contribution in [0.2, 0.25) is 0 Å². The molecule has 0 spiro atoms. The van der Waals surface area contributed by atoms with E-state index in [9.17, 15) is 0 Å². The quantitative estimate of drug-likeness (QED) is 0.747. The number of hydrogen-bond acceptors (Lipinski definition) is 1. The van der Waals surface area contributed by atoms with Crippen molar-refractivity contribution in [2.75, 3.05) is 0 Å². The second kappa shape index (κ2) is 3.68. The van der Waals surface area contributed by atoms with Gasteiger partial charge in [0, 0.05) is 23.6 Å². The largest absolute Gasteiger partial charge is 0.347 e. The molecule has 3 rings (SSSR count). The minimum Gasteiger partial charge on any atom is -0.347 e. The van der Waals surface area contributed by atoms with Crippen molar-refractivity contribution in [3.8, 4) is 6.07 Å². The first-order chi connectivity index (χ1) is 7.88. The highest BCUT2D eigenvalue weighted by molar-refractivity contribution is 5.85. The summed E-state index contributed by atoms with van der Waals surface area (Å²) in [5.41, 5.74) is 1.98. The summed E-state index contributed by atoms with van der Waals surface area (Å²) in [5.74, 6) is 0.848. The summed E-state index contributed by atoms with van der Waals surface area (Å²) in [5, 5.41) is 10.1. The van der Waals surface area contributed by atoms with E-state index in [4.69, 9.17) is 5.26 Å². The van der Waals surface area contributed by atoms with E-state index in [1.54, 1.807) is 0 Å². The second-order valence-electron chi connectivity index (χ2n) is 4.62. The van der Waals surface area contributed by atoms with Gasteiger partial charge in [0.2, 0.25) is 0 Å². The number of rotatable bonds is 2. The number of benzene rings is 1. The summed E-state index contributed by atoms with van der Waals surface area (Å²) >= 11 is 0. The molecule has 0 bridgehead atoms. The Hall–Kier alpha value is -1.75. The molecule has 1 aliphatic carbocycles. The van der Waals surface area contributed by atoms with Gasteiger partial charge in [-0.05, 0) is 37.0 Å². The van der Waals surface area contributed by atoms with Crippen molar-refractivity contribution in [3.05, 3.63) is 36.0 Å². The molecule has 2 aromatic rings. The maximum atomic E-state index is 9.02. The van der Waals surface area contributed by atoms with Crippen LogP contribution in [0.15, 0.2) is 30.5 Å². The minimum absolute atomic E-state index is 0.782. The Morgan fingerprint density at radius 1 is 1.31 bits per heavy atom. The molecule has 0 atom stereocenters. The lowest BCUT2D eigenvalue weighted by atomic mass is 9.85. The molecular weight excluding hydrogens is 196 g/mol. The fourth-order valence-electron chi connectivity index (χ4n) is 2.43. The third-order valence-electron chi connectivity index (χ3n) is 3.61. The Labute approximate surface area is 95.1 Å². The fourth-order valence-corrected chi connectivity index (χ4v) is 2.43. The van der Waals surface area contributed by atoms with E-state index in [1.165, 1.54) is 24.8 Å². The summed E-state index contributed by atoms with van der Waals surface area (Å²) in [6.45, 7) is 1.11.